The van der Waals surface area contributed by atoms with Crippen LogP contribution < -0.4 is 5.32 Å². The number of phenolic OH excluding ortho intramolecular Hbond substituents is 4. The second-order valence-corrected chi connectivity index (χ2v) is 4.37. The monoisotopic (exact) mass is 291 g/mol. The van der Waals surface area contributed by atoms with Crippen LogP contribution in [-0.4, -0.2) is 31.5 Å². The average molecular weight is 291 g/mol. The molecule has 0 atom stereocenters. The number of hydrogen-bond donors (Lipinski definition) is 6. The summed E-state index contributed by atoms with van der Waals surface area (Å²) in [7, 11) is 0. The maximum atomic E-state index is 11.1. The predicted molar refractivity (Wildman–Crippen MR) is 73.8 cm³/mol. The van der Waals surface area contributed by atoms with E-state index in [-0.39, 0.29) is 23.5 Å². The van der Waals surface area contributed by atoms with E-state index in [9.17, 15) is 25.2 Å². The highest BCUT2D eigenvalue weighted by molar-refractivity contribution is 5.94. The van der Waals surface area contributed by atoms with Crippen molar-refractivity contribution in [2.24, 2.45) is 0 Å². The van der Waals surface area contributed by atoms with Gasteiger partial charge in [0.1, 0.15) is 5.75 Å². The number of carboxylic acids is 1. The highest BCUT2D eigenvalue weighted by Crippen LogP contribution is 2.35. The maximum absolute atomic E-state index is 11.1. The van der Waals surface area contributed by atoms with Gasteiger partial charge in [0.25, 0.3) is 0 Å². The zero-order valence-electron chi connectivity index (χ0n) is 10.7. The van der Waals surface area contributed by atoms with Gasteiger partial charge in [0, 0.05) is 12.2 Å². The Kier molecular flexibility index (Phi) is 3.75. The van der Waals surface area contributed by atoms with Gasteiger partial charge in [0.05, 0.1) is 5.56 Å². The molecule has 2 aromatic carbocycles. The van der Waals surface area contributed by atoms with Gasteiger partial charge in [-0.25, -0.2) is 4.79 Å². The molecule has 0 spiro atoms. The van der Waals surface area contributed by atoms with Crippen LogP contribution in [0.15, 0.2) is 30.3 Å². The third-order valence-electron chi connectivity index (χ3n) is 2.85. The van der Waals surface area contributed by atoms with Gasteiger partial charge in [-0.1, -0.05) is 0 Å². The van der Waals surface area contributed by atoms with Gasteiger partial charge in [-0.05, 0) is 35.9 Å². The van der Waals surface area contributed by atoms with Gasteiger partial charge in [-0.3, -0.25) is 0 Å². The van der Waals surface area contributed by atoms with Crippen molar-refractivity contribution in [3.63, 3.8) is 0 Å². The number of aromatic hydroxyl groups is 4. The standard InChI is InChI=1S/C14H13NO6/c16-8-1-2-10(9(5-8)14(20)21)15-6-7-3-11(17)13(19)12(18)4-7/h1-5,15-19H,6H2,(H,20,21). The maximum Gasteiger partial charge on any atom is 0.337 e. The van der Waals surface area contributed by atoms with Crippen LogP contribution in [0.2, 0.25) is 0 Å². The minimum atomic E-state index is -1.20. The number of carbonyl (C=O) groups is 1. The minimum absolute atomic E-state index is 0.104. The van der Waals surface area contributed by atoms with Crippen molar-refractivity contribution in [2.45, 2.75) is 6.54 Å². The van der Waals surface area contributed by atoms with E-state index < -0.39 is 23.2 Å². The number of aromatic carboxylic acids is 1. The Labute approximate surface area is 119 Å². The Hall–Kier alpha value is -3.09. The van der Waals surface area contributed by atoms with E-state index in [1.165, 1.54) is 24.3 Å². The molecule has 0 aromatic heterocycles. The Bertz CT molecular complexity index is 675. The SMILES string of the molecule is O=C(O)c1cc(O)ccc1NCc1cc(O)c(O)c(O)c1. The summed E-state index contributed by atoms with van der Waals surface area (Å²) in [6.45, 7) is 0.104. The largest absolute Gasteiger partial charge is 0.508 e. The van der Waals surface area contributed by atoms with E-state index >= 15 is 0 Å². The quantitative estimate of drug-likeness (QED) is 0.374. The Morgan fingerprint density at radius 1 is 1.00 bits per heavy atom. The summed E-state index contributed by atoms with van der Waals surface area (Å²) in [5.74, 6) is -2.94. The minimum Gasteiger partial charge on any atom is -0.508 e. The highest BCUT2D eigenvalue weighted by Gasteiger charge is 2.12. The van der Waals surface area contributed by atoms with Crippen molar-refractivity contribution in [1.29, 1.82) is 0 Å². The van der Waals surface area contributed by atoms with Gasteiger partial charge in [0.2, 0.25) is 0 Å². The lowest BCUT2D eigenvalue weighted by Crippen LogP contribution is -2.06. The number of hydrogen-bond acceptors (Lipinski definition) is 6. The number of anilines is 1. The van der Waals surface area contributed by atoms with Crippen LogP contribution in [0.3, 0.4) is 0 Å². The summed E-state index contributed by atoms with van der Waals surface area (Å²) in [5, 5.41) is 49.2. The zero-order valence-corrected chi connectivity index (χ0v) is 10.7. The number of rotatable bonds is 4. The first-order valence-corrected chi connectivity index (χ1v) is 5.92. The molecule has 6 N–H and O–H groups in total. The second kappa shape index (κ2) is 5.49. The molecule has 0 aliphatic heterocycles. The highest BCUT2D eigenvalue weighted by atomic mass is 16.4. The zero-order chi connectivity index (χ0) is 15.6. The van der Waals surface area contributed by atoms with Crippen LogP contribution in [-0.2, 0) is 6.54 Å². The topological polar surface area (TPSA) is 130 Å². The molecule has 0 aliphatic carbocycles. The number of phenols is 4. The van der Waals surface area contributed by atoms with Crippen molar-refractivity contribution < 1.29 is 30.3 Å². The Morgan fingerprint density at radius 2 is 1.62 bits per heavy atom. The molecule has 0 saturated carbocycles. The van der Waals surface area contributed by atoms with Crippen LogP contribution in [0.1, 0.15) is 15.9 Å². The van der Waals surface area contributed by atoms with Crippen LogP contribution in [0, 0.1) is 0 Å². The summed E-state index contributed by atoms with van der Waals surface area (Å²) in [6, 6.07) is 6.32. The van der Waals surface area contributed by atoms with E-state index in [2.05, 4.69) is 5.32 Å². The molecule has 0 aliphatic rings. The van der Waals surface area contributed by atoms with E-state index in [1.54, 1.807) is 0 Å². The van der Waals surface area contributed by atoms with Crippen LogP contribution in [0.4, 0.5) is 5.69 Å². The first kappa shape index (κ1) is 14.3. The van der Waals surface area contributed by atoms with Crippen molar-refractivity contribution in [2.75, 3.05) is 5.32 Å². The molecule has 0 heterocycles. The van der Waals surface area contributed by atoms with Crippen LogP contribution in [0.5, 0.6) is 23.0 Å². The lowest BCUT2D eigenvalue weighted by Gasteiger charge is -2.11. The van der Waals surface area contributed by atoms with E-state index in [4.69, 9.17) is 5.11 Å². The van der Waals surface area contributed by atoms with Gasteiger partial charge >= 0.3 is 5.97 Å². The summed E-state index contributed by atoms with van der Waals surface area (Å²) in [5.41, 5.74) is 0.599. The molecule has 0 fully saturated rings. The Morgan fingerprint density at radius 3 is 2.19 bits per heavy atom. The van der Waals surface area contributed by atoms with Gasteiger partial charge in [-0.2, -0.15) is 0 Å². The third kappa shape index (κ3) is 3.08. The summed E-state index contributed by atoms with van der Waals surface area (Å²) in [4.78, 5) is 11.1. The van der Waals surface area contributed by atoms with Crippen molar-refractivity contribution in [3.8, 4) is 23.0 Å². The molecule has 0 saturated heterocycles. The fourth-order valence-electron chi connectivity index (χ4n) is 1.82. The average Bonchev–Trinajstić information content (AvgIpc) is 2.43. The molecule has 2 aromatic rings. The molecule has 2 rings (SSSR count). The molecule has 0 radical (unpaired) electrons. The first-order chi connectivity index (χ1) is 9.88. The lowest BCUT2D eigenvalue weighted by molar-refractivity contribution is 0.0697. The summed E-state index contributed by atoms with van der Waals surface area (Å²) >= 11 is 0. The van der Waals surface area contributed by atoms with Crippen molar-refractivity contribution >= 4 is 11.7 Å². The van der Waals surface area contributed by atoms with E-state index in [0.29, 0.717) is 5.56 Å². The molecule has 0 bridgehead atoms. The molecular weight excluding hydrogens is 278 g/mol. The molecule has 21 heavy (non-hydrogen) atoms. The molecule has 7 nitrogen and oxygen atoms in total. The molecule has 110 valence electrons. The van der Waals surface area contributed by atoms with Gasteiger partial charge < -0.3 is 30.8 Å². The fraction of sp³-hybridized carbons (Fsp3) is 0.0714. The number of carboxylic acid groups (broad SMARTS) is 1. The van der Waals surface area contributed by atoms with Crippen molar-refractivity contribution in [1.82, 2.24) is 0 Å². The lowest BCUT2D eigenvalue weighted by atomic mass is 10.1. The first-order valence-electron chi connectivity index (χ1n) is 5.92. The van der Waals surface area contributed by atoms with E-state index in [1.807, 2.05) is 0 Å². The second-order valence-electron chi connectivity index (χ2n) is 4.37. The normalized spacial score (nSPS) is 10.3. The molecule has 0 unspecified atom stereocenters. The Balaban J connectivity index is 2.22. The van der Waals surface area contributed by atoms with E-state index in [0.717, 1.165) is 6.07 Å². The molecule has 0 amide bonds. The molecular formula is C14H13NO6. The van der Waals surface area contributed by atoms with Gasteiger partial charge in [-0.15, -0.1) is 0 Å². The third-order valence-corrected chi connectivity index (χ3v) is 2.85. The predicted octanol–water partition coefficient (Wildman–Crippen LogP) is 1.82. The van der Waals surface area contributed by atoms with Crippen LogP contribution in [0.25, 0.3) is 0 Å². The van der Waals surface area contributed by atoms with Crippen molar-refractivity contribution in [3.05, 3.63) is 41.5 Å². The number of nitrogens with one attached hydrogen (secondary N) is 1. The summed E-state index contributed by atoms with van der Waals surface area (Å²) < 4.78 is 0. The summed E-state index contributed by atoms with van der Waals surface area (Å²) in [6.07, 6.45) is 0. The fourth-order valence-corrected chi connectivity index (χ4v) is 1.82. The number of benzene rings is 2. The molecule has 7 heteroatoms. The van der Waals surface area contributed by atoms with Crippen LogP contribution >= 0.6 is 0 Å². The van der Waals surface area contributed by atoms with Gasteiger partial charge in [0.15, 0.2) is 17.2 Å². The smallest absolute Gasteiger partial charge is 0.337 e.